The van der Waals surface area contributed by atoms with Crippen LogP contribution in [0.1, 0.15) is 17.5 Å². The molecule has 1 unspecified atom stereocenters. The van der Waals surface area contributed by atoms with Crippen LogP contribution in [0.25, 0.3) is 0 Å². The first-order valence-corrected chi connectivity index (χ1v) is 6.31. The van der Waals surface area contributed by atoms with Crippen molar-refractivity contribution >= 4 is 27.5 Å². The molecule has 0 saturated heterocycles. The number of benzene rings is 1. The average molecular weight is 292 g/mol. The van der Waals surface area contributed by atoms with E-state index in [1.807, 2.05) is 13.0 Å². The molecule has 0 aliphatic rings. The highest BCUT2D eigenvalue weighted by atomic mass is 79.9. The Morgan fingerprint density at radius 2 is 2.20 bits per heavy atom. The Labute approximate surface area is 105 Å². The molecule has 1 atom stereocenters. The number of hydrogen-bond acceptors (Lipinski definition) is 1. The highest BCUT2D eigenvalue weighted by Gasteiger charge is 2.04. The molecule has 0 radical (unpaired) electrons. The molecule has 0 N–H and O–H groups in total. The van der Waals surface area contributed by atoms with E-state index >= 15 is 0 Å². The summed E-state index contributed by atoms with van der Waals surface area (Å²) in [7, 11) is 1.72. The number of ether oxygens (including phenoxy) is 1. The molecule has 0 bridgehead atoms. The zero-order valence-corrected chi connectivity index (χ0v) is 11.4. The minimum atomic E-state index is 0.429. The van der Waals surface area contributed by atoms with Crippen molar-refractivity contribution in [3.05, 3.63) is 34.3 Å². The number of hydrogen-bond donors (Lipinski definition) is 0. The highest BCUT2D eigenvalue weighted by molar-refractivity contribution is 9.09. The van der Waals surface area contributed by atoms with Gasteiger partial charge in [-0.1, -0.05) is 39.7 Å². The Morgan fingerprint density at radius 1 is 1.47 bits per heavy atom. The van der Waals surface area contributed by atoms with Gasteiger partial charge in [0.25, 0.3) is 0 Å². The Kier molecular flexibility index (Phi) is 5.65. The first-order valence-electron chi connectivity index (χ1n) is 5.01. The Morgan fingerprint density at radius 3 is 2.80 bits per heavy atom. The Hall–Kier alpha value is -0.0500. The number of methoxy groups -OCH3 is 1. The molecule has 0 aliphatic heterocycles. The van der Waals surface area contributed by atoms with Gasteiger partial charge in [0.2, 0.25) is 0 Å². The molecule has 1 aromatic rings. The minimum absolute atomic E-state index is 0.429. The van der Waals surface area contributed by atoms with Crippen LogP contribution in [0, 0.1) is 6.92 Å². The minimum Gasteiger partial charge on any atom is -0.384 e. The second kappa shape index (κ2) is 6.51. The number of aryl methyl sites for hydroxylation is 2. The summed E-state index contributed by atoms with van der Waals surface area (Å²) in [5.74, 6) is 0. The Bertz CT molecular complexity index is 314. The molecule has 1 rings (SSSR count). The molecule has 1 nitrogen and oxygen atoms in total. The van der Waals surface area contributed by atoms with Gasteiger partial charge < -0.3 is 4.74 Å². The van der Waals surface area contributed by atoms with Crippen LogP contribution in [-0.2, 0) is 11.2 Å². The third-order valence-corrected chi connectivity index (χ3v) is 3.46. The summed E-state index contributed by atoms with van der Waals surface area (Å²) < 4.78 is 5.07. The molecular formula is C12H16BrClO. The van der Waals surface area contributed by atoms with Gasteiger partial charge >= 0.3 is 0 Å². The molecule has 0 aromatic heterocycles. The number of alkyl halides is 1. The van der Waals surface area contributed by atoms with Crippen molar-refractivity contribution in [1.29, 1.82) is 0 Å². The van der Waals surface area contributed by atoms with E-state index in [-0.39, 0.29) is 0 Å². The lowest BCUT2D eigenvalue weighted by atomic mass is 10.1. The topological polar surface area (TPSA) is 9.23 Å². The van der Waals surface area contributed by atoms with E-state index in [1.54, 1.807) is 7.11 Å². The summed E-state index contributed by atoms with van der Waals surface area (Å²) in [5, 5.41) is 0.839. The maximum absolute atomic E-state index is 5.96. The second-order valence-electron chi connectivity index (χ2n) is 3.67. The van der Waals surface area contributed by atoms with Gasteiger partial charge in [-0.25, -0.2) is 0 Å². The fraction of sp³-hybridized carbons (Fsp3) is 0.500. The summed E-state index contributed by atoms with van der Waals surface area (Å²) >= 11 is 9.54. The average Bonchev–Trinajstić information content (AvgIpc) is 2.20. The predicted octanol–water partition coefficient (Wildman–Crippen LogP) is 3.99. The van der Waals surface area contributed by atoms with Gasteiger partial charge in [-0.2, -0.15) is 0 Å². The molecule has 3 heteroatoms. The zero-order chi connectivity index (χ0) is 11.3. The van der Waals surface area contributed by atoms with E-state index in [0.29, 0.717) is 4.83 Å². The van der Waals surface area contributed by atoms with Crippen molar-refractivity contribution in [3.63, 3.8) is 0 Å². The van der Waals surface area contributed by atoms with E-state index in [2.05, 4.69) is 28.1 Å². The van der Waals surface area contributed by atoms with Crippen LogP contribution in [0.4, 0.5) is 0 Å². The monoisotopic (exact) mass is 290 g/mol. The van der Waals surface area contributed by atoms with E-state index < -0.39 is 0 Å². The van der Waals surface area contributed by atoms with E-state index in [4.69, 9.17) is 16.3 Å². The first-order chi connectivity index (χ1) is 7.13. The molecule has 0 fully saturated rings. The normalized spacial score (nSPS) is 12.8. The molecule has 0 spiro atoms. The van der Waals surface area contributed by atoms with Crippen molar-refractivity contribution < 1.29 is 4.74 Å². The van der Waals surface area contributed by atoms with Gasteiger partial charge in [0.05, 0.1) is 6.61 Å². The van der Waals surface area contributed by atoms with Crippen molar-refractivity contribution in [2.75, 3.05) is 13.7 Å². The zero-order valence-electron chi connectivity index (χ0n) is 9.09. The lowest BCUT2D eigenvalue weighted by molar-refractivity contribution is 0.198. The van der Waals surface area contributed by atoms with Crippen LogP contribution in [0.3, 0.4) is 0 Å². The molecule has 84 valence electrons. The predicted molar refractivity (Wildman–Crippen MR) is 69.1 cm³/mol. The molecule has 0 aliphatic carbocycles. The maximum Gasteiger partial charge on any atom is 0.0587 e. The van der Waals surface area contributed by atoms with Crippen LogP contribution >= 0.6 is 27.5 Å². The van der Waals surface area contributed by atoms with E-state index in [1.165, 1.54) is 5.56 Å². The van der Waals surface area contributed by atoms with Crippen molar-refractivity contribution in [2.24, 2.45) is 0 Å². The van der Waals surface area contributed by atoms with Gasteiger partial charge in [-0.3, -0.25) is 0 Å². The van der Waals surface area contributed by atoms with Crippen LogP contribution in [0.2, 0.25) is 5.02 Å². The molecule has 15 heavy (non-hydrogen) atoms. The molecule has 0 amide bonds. The summed E-state index contributed by atoms with van der Waals surface area (Å²) in [6.07, 6.45) is 2.13. The summed E-state index contributed by atoms with van der Waals surface area (Å²) in [6.45, 7) is 2.79. The van der Waals surface area contributed by atoms with Crippen LogP contribution < -0.4 is 0 Å². The smallest absolute Gasteiger partial charge is 0.0587 e. The third-order valence-electron chi connectivity index (χ3n) is 2.32. The molecule has 0 heterocycles. The van der Waals surface area contributed by atoms with Gasteiger partial charge in [0.15, 0.2) is 0 Å². The fourth-order valence-corrected chi connectivity index (χ4v) is 2.06. The van der Waals surface area contributed by atoms with Crippen LogP contribution in [-0.4, -0.2) is 18.5 Å². The lowest BCUT2D eigenvalue weighted by Crippen LogP contribution is -2.07. The molecule has 0 saturated carbocycles. The van der Waals surface area contributed by atoms with Crippen LogP contribution in [0.5, 0.6) is 0 Å². The summed E-state index contributed by atoms with van der Waals surface area (Å²) in [4.78, 5) is 0.429. The SMILES string of the molecule is COCC(Br)CCc1ccc(Cl)c(C)c1. The van der Waals surface area contributed by atoms with Gasteiger partial charge in [-0.15, -0.1) is 0 Å². The standard InChI is InChI=1S/C12H16BrClO/c1-9-7-10(4-6-12(9)14)3-5-11(13)8-15-2/h4,6-7,11H,3,5,8H2,1-2H3. The summed E-state index contributed by atoms with van der Waals surface area (Å²) in [5.41, 5.74) is 2.48. The number of halogens is 2. The second-order valence-corrected chi connectivity index (χ2v) is 5.38. The Balaban J connectivity index is 2.47. The van der Waals surface area contributed by atoms with Crippen molar-refractivity contribution in [2.45, 2.75) is 24.6 Å². The third kappa shape index (κ3) is 4.54. The number of rotatable bonds is 5. The maximum atomic E-state index is 5.96. The molecular weight excluding hydrogens is 275 g/mol. The van der Waals surface area contributed by atoms with E-state index in [0.717, 1.165) is 30.0 Å². The lowest BCUT2D eigenvalue weighted by Gasteiger charge is -2.09. The first kappa shape index (κ1) is 13.0. The van der Waals surface area contributed by atoms with Crippen molar-refractivity contribution in [3.8, 4) is 0 Å². The largest absolute Gasteiger partial charge is 0.384 e. The fourth-order valence-electron chi connectivity index (χ4n) is 1.45. The molecule has 1 aromatic carbocycles. The van der Waals surface area contributed by atoms with Gasteiger partial charge in [-0.05, 0) is 37.0 Å². The van der Waals surface area contributed by atoms with Crippen LogP contribution in [0.15, 0.2) is 18.2 Å². The van der Waals surface area contributed by atoms with Gasteiger partial charge in [0.1, 0.15) is 0 Å². The van der Waals surface area contributed by atoms with Gasteiger partial charge in [0, 0.05) is 17.0 Å². The highest BCUT2D eigenvalue weighted by Crippen LogP contribution is 2.18. The van der Waals surface area contributed by atoms with Crippen molar-refractivity contribution in [1.82, 2.24) is 0 Å². The quantitative estimate of drug-likeness (QED) is 0.745. The summed E-state index contributed by atoms with van der Waals surface area (Å²) in [6, 6.07) is 6.20. The van der Waals surface area contributed by atoms with E-state index in [9.17, 15) is 0 Å².